The third kappa shape index (κ3) is 3.84. The smallest absolute Gasteiger partial charge is 0.194 e. The number of hydrogen-bond donors (Lipinski definition) is 1. The van der Waals surface area contributed by atoms with E-state index in [0.29, 0.717) is 6.04 Å². The second-order valence-electron chi connectivity index (χ2n) is 7.85. The van der Waals surface area contributed by atoms with Gasteiger partial charge in [0, 0.05) is 38.4 Å². The minimum Gasteiger partial charge on any atom is -0.370 e. The third-order valence-electron chi connectivity index (χ3n) is 6.08. The van der Waals surface area contributed by atoms with Crippen LogP contribution in [0.1, 0.15) is 50.2 Å². The minimum absolute atomic E-state index is 0.0781. The summed E-state index contributed by atoms with van der Waals surface area (Å²) >= 11 is 0. The molecule has 0 spiro atoms. The van der Waals surface area contributed by atoms with E-state index in [1.165, 1.54) is 38.5 Å². The molecule has 1 saturated heterocycles. The third-order valence-corrected chi connectivity index (χ3v) is 6.08. The van der Waals surface area contributed by atoms with Gasteiger partial charge in [-0.1, -0.05) is 32.1 Å². The molecule has 1 N–H and O–H groups in total. The number of nitrogens with zero attached hydrogens (tertiary/aromatic N) is 4. The highest BCUT2D eigenvalue weighted by Gasteiger charge is 2.44. The first kappa shape index (κ1) is 16.9. The summed E-state index contributed by atoms with van der Waals surface area (Å²) < 4.78 is 7.80. The molecular formula is C19H31N5O. The molecule has 2 saturated carbocycles. The molecule has 0 bridgehead atoms. The molecule has 0 radical (unpaired) electrons. The quantitative estimate of drug-likeness (QED) is 0.675. The number of aryl methyl sites for hydroxylation is 1. The molecule has 3 atom stereocenters. The van der Waals surface area contributed by atoms with Crippen LogP contribution in [0.5, 0.6) is 0 Å². The molecule has 3 aliphatic rings. The van der Waals surface area contributed by atoms with E-state index in [0.717, 1.165) is 43.1 Å². The lowest BCUT2D eigenvalue weighted by Crippen LogP contribution is -2.49. The van der Waals surface area contributed by atoms with Gasteiger partial charge in [-0.25, -0.2) is 0 Å². The van der Waals surface area contributed by atoms with Gasteiger partial charge in [-0.3, -0.25) is 9.67 Å². The van der Waals surface area contributed by atoms with Gasteiger partial charge in [0.2, 0.25) is 0 Å². The minimum atomic E-state index is 0.0781. The zero-order chi connectivity index (χ0) is 17.2. The Balaban J connectivity index is 1.33. The number of rotatable bonds is 3. The van der Waals surface area contributed by atoms with E-state index in [-0.39, 0.29) is 6.10 Å². The Morgan fingerprint density at radius 3 is 2.88 bits per heavy atom. The Kier molecular flexibility index (Phi) is 4.97. The molecule has 2 aliphatic carbocycles. The maximum Gasteiger partial charge on any atom is 0.194 e. The maximum atomic E-state index is 5.96. The summed E-state index contributed by atoms with van der Waals surface area (Å²) in [5, 5.41) is 8.01. The van der Waals surface area contributed by atoms with Gasteiger partial charge >= 0.3 is 0 Å². The first-order valence-electron chi connectivity index (χ1n) is 9.83. The highest BCUT2D eigenvalue weighted by molar-refractivity contribution is 5.80. The molecule has 1 aromatic rings. The molecule has 0 amide bonds. The van der Waals surface area contributed by atoms with Crippen molar-refractivity contribution < 1.29 is 4.74 Å². The van der Waals surface area contributed by atoms with Gasteiger partial charge in [0.15, 0.2) is 5.96 Å². The number of aromatic nitrogens is 2. The second kappa shape index (κ2) is 7.36. The Morgan fingerprint density at radius 2 is 2.16 bits per heavy atom. The molecular weight excluding hydrogens is 314 g/mol. The largest absolute Gasteiger partial charge is 0.370 e. The van der Waals surface area contributed by atoms with Crippen molar-refractivity contribution in [3.8, 4) is 0 Å². The van der Waals surface area contributed by atoms with E-state index in [9.17, 15) is 0 Å². The summed E-state index contributed by atoms with van der Waals surface area (Å²) in [5.41, 5.74) is 1.15. The topological polar surface area (TPSA) is 54.7 Å². The molecule has 2 heterocycles. The van der Waals surface area contributed by atoms with Crippen LogP contribution < -0.4 is 5.32 Å². The van der Waals surface area contributed by atoms with E-state index in [1.54, 1.807) is 0 Å². The van der Waals surface area contributed by atoms with Crippen LogP contribution in [0.15, 0.2) is 17.4 Å². The van der Waals surface area contributed by atoms with Crippen LogP contribution in [-0.4, -0.2) is 53.4 Å². The molecule has 1 aliphatic heterocycles. The van der Waals surface area contributed by atoms with Crippen molar-refractivity contribution in [2.24, 2.45) is 23.9 Å². The van der Waals surface area contributed by atoms with Gasteiger partial charge in [0.05, 0.1) is 19.3 Å². The fourth-order valence-corrected chi connectivity index (χ4v) is 4.58. The van der Waals surface area contributed by atoms with Crippen LogP contribution >= 0.6 is 0 Å². The predicted octanol–water partition coefficient (Wildman–Crippen LogP) is 2.34. The summed E-state index contributed by atoms with van der Waals surface area (Å²) in [7, 11) is 3.85. The summed E-state index contributed by atoms with van der Waals surface area (Å²) in [5.74, 6) is 2.85. The molecule has 6 nitrogen and oxygen atoms in total. The van der Waals surface area contributed by atoms with E-state index in [1.807, 2.05) is 31.2 Å². The Hall–Kier alpha value is -1.56. The first-order valence-corrected chi connectivity index (χ1v) is 9.83. The van der Waals surface area contributed by atoms with Crippen LogP contribution in [0, 0.1) is 11.8 Å². The number of ether oxygens (including phenoxy) is 1. The Labute approximate surface area is 150 Å². The number of aliphatic imine (C=N–C) groups is 1. The molecule has 138 valence electrons. The highest BCUT2D eigenvalue weighted by atomic mass is 16.5. The van der Waals surface area contributed by atoms with Gasteiger partial charge in [0.25, 0.3) is 0 Å². The number of hydrogen-bond acceptors (Lipinski definition) is 3. The Morgan fingerprint density at radius 1 is 1.32 bits per heavy atom. The standard InChI is InChI=1S/C19H31N5O/c1-20-19(22-17-10-16(17)14-6-4-3-5-7-14)24-8-9-25-18(13-24)15-11-21-23(2)12-15/h11-12,14,16-18H,3-10,13H2,1-2H3,(H,20,22). The zero-order valence-electron chi connectivity index (χ0n) is 15.5. The highest BCUT2D eigenvalue weighted by Crippen LogP contribution is 2.44. The second-order valence-corrected chi connectivity index (χ2v) is 7.85. The lowest BCUT2D eigenvalue weighted by molar-refractivity contribution is -0.00809. The van der Waals surface area contributed by atoms with Crippen molar-refractivity contribution in [1.29, 1.82) is 0 Å². The normalized spacial score (nSPS) is 31.2. The monoisotopic (exact) mass is 345 g/mol. The van der Waals surface area contributed by atoms with Gasteiger partial charge in [-0.2, -0.15) is 5.10 Å². The lowest BCUT2D eigenvalue weighted by Gasteiger charge is -2.35. The number of morpholine rings is 1. The SMILES string of the molecule is CN=C(NC1CC1C1CCCCC1)N1CCOC(c2cnn(C)c2)C1. The van der Waals surface area contributed by atoms with Crippen molar-refractivity contribution in [3.63, 3.8) is 0 Å². The van der Waals surface area contributed by atoms with Gasteiger partial charge in [0.1, 0.15) is 6.10 Å². The van der Waals surface area contributed by atoms with Gasteiger partial charge in [-0.15, -0.1) is 0 Å². The van der Waals surface area contributed by atoms with E-state index >= 15 is 0 Å². The van der Waals surface area contributed by atoms with Gasteiger partial charge < -0.3 is 15.0 Å². The van der Waals surface area contributed by atoms with E-state index in [2.05, 4.69) is 20.3 Å². The van der Waals surface area contributed by atoms with Crippen molar-refractivity contribution in [3.05, 3.63) is 18.0 Å². The van der Waals surface area contributed by atoms with Crippen LogP contribution in [0.3, 0.4) is 0 Å². The molecule has 3 unspecified atom stereocenters. The fourth-order valence-electron chi connectivity index (χ4n) is 4.58. The van der Waals surface area contributed by atoms with Crippen LogP contribution in [0.4, 0.5) is 0 Å². The van der Waals surface area contributed by atoms with Crippen molar-refractivity contribution in [2.45, 2.75) is 50.7 Å². The van der Waals surface area contributed by atoms with Crippen molar-refractivity contribution in [1.82, 2.24) is 20.0 Å². The van der Waals surface area contributed by atoms with Crippen LogP contribution in [0.25, 0.3) is 0 Å². The number of nitrogens with one attached hydrogen (secondary N) is 1. The fraction of sp³-hybridized carbons (Fsp3) is 0.789. The average Bonchev–Trinajstić information content (AvgIpc) is 3.30. The molecule has 0 aromatic carbocycles. The molecule has 4 rings (SSSR count). The predicted molar refractivity (Wildman–Crippen MR) is 98.4 cm³/mol. The van der Waals surface area contributed by atoms with Crippen LogP contribution in [0.2, 0.25) is 0 Å². The zero-order valence-corrected chi connectivity index (χ0v) is 15.5. The summed E-state index contributed by atoms with van der Waals surface area (Å²) in [6, 6.07) is 0.626. The molecule has 6 heteroatoms. The summed E-state index contributed by atoms with van der Waals surface area (Å²) in [6.45, 7) is 2.47. The van der Waals surface area contributed by atoms with E-state index in [4.69, 9.17) is 4.74 Å². The number of guanidine groups is 1. The molecule has 25 heavy (non-hydrogen) atoms. The first-order chi connectivity index (χ1) is 12.2. The summed E-state index contributed by atoms with van der Waals surface area (Å²) in [4.78, 5) is 6.90. The van der Waals surface area contributed by atoms with Gasteiger partial charge in [-0.05, 0) is 18.3 Å². The average molecular weight is 345 g/mol. The molecule has 1 aromatic heterocycles. The van der Waals surface area contributed by atoms with Crippen LogP contribution in [-0.2, 0) is 11.8 Å². The maximum absolute atomic E-state index is 5.96. The lowest BCUT2D eigenvalue weighted by atomic mass is 9.85. The molecule has 3 fully saturated rings. The van der Waals surface area contributed by atoms with Crippen molar-refractivity contribution in [2.75, 3.05) is 26.7 Å². The summed E-state index contributed by atoms with van der Waals surface area (Å²) in [6.07, 6.45) is 12.5. The van der Waals surface area contributed by atoms with Crippen molar-refractivity contribution >= 4 is 5.96 Å². The Bertz CT molecular complexity index is 607. The van der Waals surface area contributed by atoms with E-state index < -0.39 is 0 Å².